The summed E-state index contributed by atoms with van der Waals surface area (Å²) in [6, 6.07) is 22.6. The molecule has 13 nitrogen and oxygen atoms in total. The Morgan fingerprint density at radius 3 is 1.77 bits per heavy atom. The van der Waals surface area contributed by atoms with Gasteiger partial charge in [0.1, 0.15) is 12.6 Å². The van der Waals surface area contributed by atoms with Crippen LogP contribution in [0.3, 0.4) is 0 Å². The van der Waals surface area contributed by atoms with Gasteiger partial charge in [-0.3, -0.25) is 28.9 Å². The topological polar surface area (TPSA) is 161 Å². The molecule has 0 unspecified atom stereocenters. The molecule has 4 amide bonds. The fraction of sp³-hybridized carbons (Fsp3) is 0.385. The van der Waals surface area contributed by atoms with Crippen LogP contribution in [0.2, 0.25) is 0 Å². The van der Waals surface area contributed by atoms with Crippen LogP contribution in [0.25, 0.3) is 0 Å². The average molecular weight is 713 g/mol. The molecule has 3 aromatic carbocycles. The molecule has 52 heavy (non-hydrogen) atoms. The van der Waals surface area contributed by atoms with Gasteiger partial charge in [0.05, 0.1) is 32.6 Å². The Balaban J connectivity index is 1.41. The van der Waals surface area contributed by atoms with Crippen molar-refractivity contribution in [3.05, 3.63) is 107 Å². The van der Waals surface area contributed by atoms with Crippen LogP contribution in [0.5, 0.6) is 0 Å². The van der Waals surface area contributed by atoms with E-state index < -0.39 is 29.6 Å². The normalized spacial score (nSPS) is 16.2. The summed E-state index contributed by atoms with van der Waals surface area (Å²) in [5.74, 6) is -1.79. The van der Waals surface area contributed by atoms with E-state index in [0.717, 1.165) is 16.7 Å². The second-order valence-electron chi connectivity index (χ2n) is 12.7. The van der Waals surface area contributed by atoms with Crippen molar-refractivity contribution in [3.8, 4) is 0 Å². The molecule has 2 N–H and O–H groups in total. The summed E-state index contributed by atoms with van der Waals surface area (Å²) >= 11 is 0. The molecule has 0 bridgehead atoms. The van der Waals surface area contributed by atoms with Crippen LogP contribution < -0.4 is 10.6 Å². The second kappa shape index (κ2) is 17.5. The molecule has 0 aromatic heterocycles. The van der Waals surface area contributed by atoms with Crippen LogP contribution in [0, 0.1) is 0 Å². The van der Waals surface area contributed by atoms with Crippen molar-refractivity contribution in [2.45, 2.75) is 56.7 Å². The molecular formula is C39H44N4O9. The Bertz CT molecular complexity index is 1670. The van der Waals surface area contributed by atoms with E-state index in [1.165, 1.54) is 19.1 Å². The van der Waals surface area contributed by atoms with E-state index in [1.54, 1.807) is 24.3 Å². The SMILES string of the molecule is COC(=O)CCNC(=O)c1ccc(C2(c3ccc(C(=O)NCCC(=O)OC)cc3)CCCN2C(=O)[C@@H]2CCCN2C(=O)OCc2ccccc2)cc1. The van der Waals surface area contributed by atoms with Crippen LogP contribution >= 0.6 is 0 Å². The van der Waals surface area contributed by atoms with E-state index in [9.17, 15) is 28.8 Å². The van der Waals surface area contributed by atoms with Crippen LogP contribution in [-0.4, -0.2) is 92.0 Å². The Hall–Kier alpha value is -5.72. The zero-order valence-corrected chi connectivity index (χ0v) is 29.4. The first-order valence-corrected chi connectivity index (χ1v) is 17.4. The molecule has 2 heterocycles. The first-order chi connectivity index (χ1) is 25.2. The Morgan fingerprint density at radius 1 is 0.712 bits per heavy atom. The van der Waals surface area contributed by atoms with Gasteiger partial charge in [0.15, 0.2) is 0 Å². The number of carbonyl (C=O) groups excluding carboxylic acids is 6. The van der Waals surface area contributed by atoms with Gasteiger partial charge in [0, 0.05) is 37.3 Å². The minimum atomic E-state index is -0.973. The molecule has 0 spiro atoms. The standard InChI is InChI=1S/C39H44N4O9/c1-50-33(44)19-22-40-35(46)28-11-15-30(16-12-28)39(31-17-13-29(14-18-31)36(47)41-23-20-34(45)51-2)21-7-25-43(39)37(48)32-10-6-24-42(32)38(49)52-26-27-8-4-3-5-9-27/h3-5,8-9,11-18,32H,6-7,10,19-26H2,1-2H3,(H,40,46)(H,41,47)/t32-/m0/s1. The van der Waals surface area contributed by atoms with Crippen molar-refractivity contribution >= 4 is 35.8 Å². The summed E-state index contributed by atoms with van der Waals surface area (Å²) in [7, 11) is 2.57. The molecule has 274 valence electrons. The van der Waals surface area contributed by atoms with Gasteiger partial charge in [0.25, 0.3) is 11.8 Å². The number of nitrogens with one attached hydrogen (secondary N) is 2. The molecule has 2 aliphatic rings. The Labute approximate surface area is 302 Å². The summed E-state index contributed by atoms with van der Waals surface area (Å²) in [4.78, 5) is 80.0. The molecule has 5 rings (SSSR count). The lowest BCUT2D eigenvalue weighted by Gasteiger charge is -2.42. The number of hydrogen-bond acceptors (Lipinski definition) is 9. The summed E-state index contributed by atoms with van der Waals surface area (Å²) in [6.45, 7) is 1.15. The van der Waals surface area contributed by atoms with Crippen molar-refractivity contribution in [3.63, 3.8) is 0 Å². The third-order valence-corrected chi connectivity index (χ3v) is 9.56. The minimum absolute atomic E-state index is 0.0395. The molecule has 1 atom stereocenters. The van der Waals surface area contributed by atoms with Crippen molar-refractivity contribution in [1.82, 2.24) is 20.4 Å². The first-order valence-electron chi connectivity index (χ1n) is 17.4. The van der Waals surface area contributed by atoms with Crippen LogP contribution in [-0.2, 0) is 40.7 Å². The van der Waals surface area contributed by atoms with Crippen LogP contribution in [0.4, 0.5) is 4.79 Å². The van der Waals surface area contributed by atoms with Gasteiger partial charge in [0.2, 0.25) is 5.91 Å². The van der Waals surface area contributed by atoms with Crippen molar-refractivity contribution in [2.75, 3.05) is 40.4 Å². The summed E-state index contributed by atoms with van der Waals surface area (Å²) in [5, 5.41) is 5.44. The van der Waals surface area contributed by atoms with E-state index in [-0.39, 0.29) is 50.3 Å². The number of likely N-dealkylation sites (tertiary alicyclic amines) is 2. The van der Waals surface area contributed by atoms with Crippen LogP contribution in [0.1, 0.15) is 75.9 Å². The monoisotopic (exact) mass is 712 g/mol. The highest BCUT2D eigenvalue weighted by atomic mass is 16.6. The molecule has 0 aliphatic carbocycles. The van der Waals surface area contributed by atoms with Gasteiger partial charge in [-0.05, 0) is 66.6 Å². The third kappa shape index (κ3) is 8.59. The number of esters is 2. The van der Waals surface area contributed by atoms with Crippen molar-refractivity contribution in [2.24, 2.45) is 0 Å². The minimum Gasteiger partial charge on any atom is -0.469 e. The summed E-state index contributed by atoms with van der Waals surface area (Å²) in [5.41, 5.74) is 2.15. The summed E-state index contributed by atoms with van der Waals surface area (Å²) in [6.07, 6.45) is 1.89. The predicted molar refractivity (Wildman–Crippen MR) is 189 cm³/mol. The maximum Gasteiger partial charge on any atom is 0.410 e. The van der Waals surface area contributed by atoms with E-state index in [0.29, 0.717) is 49.9 Å². The highest BCUT2D eigenvalue weighted by Crippen LogP contribution is 2.46. The van der Waals surface area contributed by atoms with E-state index in [2.05, 4.69) is 20.1 Å². The molecule has 0 radical (unpaired) electrons. The average Bonchev–Trinajstić information content (AvgIpc) is 3.86. The number of ether oxygens (including phenoxy) is 3. The van der Waals surface area contributed by atoms with E-state index in [4.69, 9.17) is 4.74 Å². The first kappa shape index (κ1) is 37.5. The van der Waals surface area contributed by atoms with E-state index in [1.807, 2.05) is 59.5 Å². The predicted octanol–water partition coefficient (Wildman–Crippen LogP) is 3.94. The molecule has 13 heteroatoms. The van der Waals surface area contributed by atoms with Gasteiger partial charge < -0.3 is 29.7 Å². The molecule has 3 aromatic rings. The lowest BCUT2D eigenvalue weighted by Crippen LogP contribution is -2.53. The summed E-state index contributed by atoms with van der Waals surface area (Å²) < 4.78 is 14.9. The molecule has 2 saturated heterocycles. The highest BCUT2D eigenvalue weighted by Gasteiger charge is 2.50. The van der Waals surface area contributed by atoms with E-state index >= 15 is 0 Å². The molecular weight excluding hydrogens is 668 g/mol. The van der Waals surface area contributed by atoms with Crippen molar-refractivity contribution < 1.29 is 43.0 Å². The number of methoxy groups -OCH3 is 2. The maximum atomic E-state index is 14.6. The quantitative estimate of drug-likeness (QED) is 0.198. The smallest absolute Gasteiger partial charge is 0.410 e. The second-order valence-corrected chi connectivity index (χ2v) is 12.7. The van der Waals surface area contributed by atoms with Gasteiger partial charge in [-0.2, -0.15) is 0 Å². The van der Waals surface area contributed by atoms with Crippen molar-refractivity contribution in [1.29, 1.82) is 0 Å². The van der Waals surface area contributed by atoms with Crippen LogP contribution in [0.15, 0.2) is 78.9 Å². The fourth-order valence-corrected chi connectivity index (χ4v) is 6.87. The van der Waals surface area contributed by atoms with Gasteiger partial charge in [-0.15, -0.1) is 0 Å². The third-order valence-electron chi connectivity index (χ3n) is 9.56. The number of rotatable bonds is 13. The number of amides is 4. The molecule has 2 aliphatic heterocycles. The van der Waals surface area contributed by atoms with Gasteiger partial charge in [-0.25, -0.2) is 4.79 Å². The zero-order chi connectivity index (χ0) is 37.1. The molecule has 2 fully saturated rings. The highest BCUT2D eigenvalue weighted by molar-refractivity contribution is 5.95. The number of nitrogens with zero attached hydrogens (tertiary/aromatic N) is 2. The lowest BCUT2D eigenvalue weighted by molar-refractivity contribution is -0.141. The maximum absolute atomic E-state index is 14.6. The van der Waals surface area contributed by atoms with Gasteiger partial charge in [-0.1, -0.05) is 54.6 Å². The van der Waals surface area contributed by atoms with Gasteiger partial charge >= 0.3 is 18.0 Å². The molecule has 0 saturated carbocycles. The number of hydrogen-bond donors (Lipinski definition) is 2. The Kier molecular flexibility index (Phi) is 12.6. The number of benzene rings is 3. The fourth-order valence-electron chi connectivity index (χ4n) is 6.87. The largest absolute Gasteiger partial charge is 0.469 e. The zero-order valence-electron chi connectivity index (χ0n) is 29.4. The lowest BCUT2D eigenvalue weighted by atomic mass is 9.79. The Morgan fingerprint density at radius 2 is 1.25 bits per heavy atom. The number of carbonyl (C=O) groups is 6.